The highest BCUT2D eigenvalue weighted by Crippen LogP contribution is 2.16. The zero-order valence-corrected chi connectivity index (χ0v) is 8.51. The van der Waals surface area contributed by atoms with Crippen molar-refractivity contribution in [3.63, 3.8) is 0 Å². The van der Waals surface area contributed by atoms with Crippen LogP contribution < -0.4 is 0 Å². The van der Waals surface area contributed by atoms with Crippen LogP contribution in [0.5, 0.6) is 0 Å². The second-order valence-electron chi connectivity index (χ2n) is 3.49. The summed E-state index contributed by atoms with van der Waals surface area (Å²) in [6.07, 6.45) is 1.50. The first-order chi connectivity index (χ1) is 7.58. The summed E-state index contributed by atoms with van der Waals surface area (Å²) in [4.78, 5) is 18.7. The van der Waals surface area contributed by atoms with Crippen molar-refractivity contribution in [2.75, 3.05) is 0 Å². The van der Waals surface area contributed by atoms with Gasteiger partial charge in [0, 0.05) is 17.6 Å². The second kappa shape index (κ2) is 3.84. The highest BCUT2D eigenvalue weighted by atomic mass is 19.1. The quantitative estimate of drug-likeness (QED) is 0.840. The number of carboxylic acids is 1. The summed E-state index contributed by atoms with van der Waals surface area (Å²) < 4.78 is 13.0. The Bertz CT molecular complexity index is 557. The van der Waals surface area contributed by atoms with Crippen LogP contribution in [0.4, 0.5) is 4.39 Å². The molecule has 16 heavy (non-hydrogen) atoms. The number of aliphatic carboxylic acids is 1. The van der Waals surface area contributed by atoms with Crippen LogP contribution in [0, 0.1) is 5.82 Å². The molecule has 1 aromatic heterocycles. The molecule has 0 saturated carbocycles. The summed E-state index contributed by atoms with van der Waals surface area (Å²) in [6, 6.07) is 4.13. The van der Waals surface area contributed by atoms with Crippen molar-refractivity contribution in [3.05, 3.63) is 36.0 Å². The lowest BCUT2D eigenvalue weighted by molar-refractivity contribution is -0.138. The van der Waals surface area contributed by atoms with Crippen molar-refractivity contribution in [1.29, 1.82) is 0 Å². The molecule has 0 bridgehead atoms. The molecule has 1 heterocycles. The third kappa shape index (κ3) is 1.84. The molecule has 1 unspecified atom stereocenters. The third-order valence-electron chi connectivity index (χ3n) is 2.32. The van der Waals surface area contributed by atoms with Gasteiger partial charge in [0.2, 0.25) is 0 Å². The summed E-state index contributed by atoms with van der Waals surface area (Å²) in [5.74, 6) is -2.02. The van der Waals surface area contributed by atoms with Crippen molar-refractivity contribution < 1.29 is 14.3 Å². The average molecular weight is 220 g/mol. The van der Waals surface area contributed by atoms with Crippen LogP contribution in [-0.4, -0.2) is 21.0 Å². The van der Waals surface area contributed by atoms with Gasteiger partial charge in [0.1, 0.15) is 17.6 Å². The summed E-state index contributed by atoms with van der Waals surface area (Å²) in [5, 5.41) is 9.49. The van der Waals surface area contributed by atoms with Gasteiger partial charge in [-0.1, -0.05) is 0 Å². The van der Waals surface area contributed by atoms with E-state index in [1.54, 1.807) is 6.07 Å². The maximum Gasteiger partial charge on any atom is 0.313 e. The summed E-state index contributed by atoms with van der Waals surface area (Å²) in [6.45, 7) is 1.49. The maximum atomic E-state index is 13.0. The van der Waals surface area contributed by atoms with Crippen LogP contribution in [0.15, 0.2) is 24.4 Å². The van der Waals surface area contributed by atoms with E-state index in [0.29, 0.717) is 10.9 Å². The number of carbonyl (C=O) groups is 1. The predicted octanol–water partition coefficient (Wildman–Crippen LogP) is 1.96. The van der Waals surface area contributed by atoms with Crippen LogP contribution in [0.25, 0.3) is 10.9 Å². The standard InChI is InChI=1S/C11H9FN2O2/c1-6(11(15)16)10-13-5-7-2-3-8(12)4-9(7)14-10/h2-6H,1H3,(H,15,16). The van der Waals surface area contributed by atoms with Crippen molar-refractivity contribution in [1.82, 2.24) is 9.97 Å². The Hall–Kier alpha value is -2.04. The van der Waals surface area contributed by atoms with E-state index in [9.17, 15) is 9.18 Å². The fraction of sp³-hybridized carbons (Fsp3) is 0.182. The molecule has 0 spiro atoms. The summed E-state index contributed by atoms with van der Waals surface area (Å²) in [7, 11) is 0. The first-order valence-electron chi connectivity index (χ1n) is 4.73. The number of hydrogen-bond donors (Lipinski definition) is 1. The first kappa shape index (κ1) is 10.5. The van der Waals surface area contributed by atoms with Crippen LogP contribution in [-0.2, 0) is 4.79 Å². The molecule has 1 aromatic carbocycles. The lowest BCUT2D eigenvalue weighted by Crippen LogP contribution is -2.11. The highest BCUT2D eigenvalue weighted by molar-refractivity contribution is 5.79. The SMILES string of the molecule is CC(C(=O)O)c1ncc2ccc(F)cc2n1. The summed E-state index contributed by atoms with van der Waals surface area (Å²) >= 11 is 0. The molecule has 0 aliphatic rings. The van der Waals surface area contributed by atoms with Gasteiger partial charge in [-0.25, -0.2) is 14.4 Å². The first-order valence-corrected chi connectivity index (χ1v) is 4.73. The molecule has 0 fully saturated rings. The largest absolute Gasteiger partial charge is 0.481 e. The molecule has 82 valence electrons. The average Bonchev–Trinajstić information content (AvgIpc) is 2.26. The van der Waals surface area contributed by atoms with Gasteiger partial charge in [-0.2, -0.15) is 0 Å². The molecule has 0 radical (unpaired) electrons. The lowest BCUT2D eigenvalue weighted by Gasteiger charge is -2.05. The van der Waals surface area contributed by atoms with Gasteiger partial charge in [-0.15, -0.1) is 0 Å². The molecule has 0 saturated heterocycles. The highest BCUT2D eigenvalue weighted by Gasteiger charge is 2.16. The van der Waals surface area contributed by atoms with Gasteiger partial charge < -0.3 is 5.11 Å². The molecule has 0 aliphatic carbocycles. The molecule has 2 rings (SSSR count). The minimum absolute atomic E-state index is 0.186. The number of rotatable bonds is 2. The smallest absolute Gasteiger partial charge is 0.313 e. The number of nitrogens with zero attached hydrogens (tertiary/aromatic N) is 2. The Morgan fingerprint density at radius 3 is 2.94 bits per heavy atom. The van der Waals surface area contributed by atoms with Crippen LogP contribution in [0.2, 0.25) is 0 Å². The third-order valence-corrected chi connectivity index (χ3v) is 2.32. The lowest BCUT2D eigenvalue weighted by atomic mass is 10.1. The zero-order valence-electron chi connectivity index (χ0n) is 8.51. The molecule has 1 atom stereocenters. The van der Waals surface area contributed by atoms with Crippen molar-refractivity contribution >= 4 is 16.9 Å². The number of hydrogen-bond acceptors (Lipinski definition) is 3. The van der Waals surface area contributed by atoms with Crippen molar-refractivity contribution in [2.24, 2.45) is 0 Å². The Morgan fingerprint density at radius 1 is 1.50 bits per heavy atom. The predicted molar refractivity (Wildman–Crippen MR) is 55.5 cm³/mol. The molecular weight excluding hydrogens is 211 g/mol. The molecule has 1 N–H and O–H groups in total. The number of fused-ring (bicyclic) bond motifs is 1. The molecule has 5 heteroatoms. The van der Waals surface area contributed by atoms with Gasteiger partial charge in [0.25, 0.3) is 0 Å². The van der Waals surface area contributed by atoms with E-state index in [-0.39, 0.29) is 5.82 Å². The molecule has 0 amide bonds. The zero-order chi connectivity index (χ0) is 11.7. The maximum absolute atomic E-state index is 13.0. The number of halogens is 1. The van der Waals surface area contributed by atoms with E-state index in [1.165, 1.54) is 25.3 Å². The van der Waals surface area contributed by atoms with E-state index < -0.39 is 17.7 Å². The van der Waals surface area contributed by atoms with Gasteiger partial charge in [0.15, 0.2) is 0 Å². The van der Waals surface area contributed by atoms with Gasteiger partial charge >= 0.3 is 5.97 Å². The van der Waals surface area contributed by atoms with E-state index in [0.717, 1.165) is 0 Å². The minimum Gasteiger partial charge on any atom is -0.481 e. The van der Waals surface area contributed by atoms with E-state index in [4.69, 9.17) is 5.11 Å². The number of aromatic nitrogens is 2. The topological polar surface area (TPSA) is 63.1 Å². The van der Waals surface area contributed by atoms with Gasteiger partial charge in [-0.3, -0.25) is 4.79 Å². The summed E-state index contributed by atoms with van der Waals surface area (Å²) in [5.41, 5.74) is 0.415. The van der Waals surface area contributed by atoms with Gasteiger partial charge in [0.05, 0.1) is 5.52 Å². The van der Waals surface area contributed by atoms with Crippen molar-refractivity contribution in [3.8, 4) is 0 Å². The number of carboxylic acid groups (broad SMARTS) is 1. The Kier molecular flexibility index (Phi) is 2.52. The number of benzene rings is 1. The Morgan fingerprint density at radius 2 is 2.25 bits per heavy atom. The Balaban J connectivity index is 2.54. The van der Waals surface area contributed by atoms with Crippen LogP contribution in [0.1, 0.15) is 18.7 Å². The normalized spacial score (nSPS) is 12.6. The van der Waals surface area contributed by atoms with Crippen LogP contribution >= 0.6 is 0 Å². The Labute approximate surface area is 90.8 Å². The van der Waals surface area contributed by atoms with E-state index in [2.05, 4.69) is 9.97 Å². The minimum atomic E-state index is -1.00. The second-order valence-corrected chi connectivity index (χ2v) is 3.49. The van der Waals surface area contributed by atoms with Crippen LogP contribution in [0.3, 0.4) is 0 Å². The van der Waals surface area contributed by atoms with Crippen molar-refractivity contribution in [2.45, 2.75) is 12.8 Å². The molecule has 4 nitrogen and oxygen atoms in total. The van der Waals surface area contributed by atoms with E-state index in [1.807, 2.05) is 0 Å². The van der Waals surface area contributed by atoms with E-state index >= 15 is 0 Å². The molecular formula is C11H9FN2O2. The van der Waals surface area contributed by atoms with Gasteiger partial charge in [-0.05, 0) is 19.1 Å². The monoisotopic (exact) mass is 220 g/mol. The molecule has 2 aromatic rings. The fourth-order valence-electron chi connectivity index (χ4n) is 1.33. The molecule has 0 aliphatic heterocycles. The fourth-order valence-corrected chi connectivity index (χ4v) is 1.33.